The zero-order chi connectivity index (χ0) is 16.9. The van der Waals surface area contributed by atoms with Crippen LogP contribution in [0.25, 0.3) is 4.96 Å². The number of anilines is 1. The van der Waals surface area contributed by atoms with E-state index >= 15 is 0 Å². The first-order chi connectivity index (χ1) is 11.4. The molecule has 3 aromatic rings. The van der Waals surface area contributed by atoms with Crippen LogP contribution >= 0.6 is 11.3 Å². The van der Waals surface area contributed by atoms with Gasteiger partial charge in [-0.2, -0.15) is 17.7 Å². The quantitative estimate of drug-likeness (QED) is 0.784. The summed E-state index contributed by atoms with van der Waals surface area (Å²) in [4.78, 5) is 12.7. The first-order valence-corrected chi connectivity index (χ1v) is 7.95. The van der Waals surface area contributed by atoms with E-state index in [1.807, 2.05) is 0 Å². The number of hydrogen-bond donors (Lipinski definition) is 1. The molecule has 1 fully saturated rings. The molecule has 0 atom stereocenters. The van der Waals surface area contributed by atoms with E-state index in [2.05, 4.69) is 20.6 Å². The van der Waals surface area contributed by atoms with Crippen LogP contribution in [0, 0.1) is 0 Å². The average molecular weight is 353 g/mol. The van der Waals surface area contributed by atoms with Gasteiger partial charge >= 0.3 is 6.18 Å². The molecule has 1 aliphatic carbocycles. The third-order valence-electron chi connectivity index (χ3n) is 3.63. The smallest absolute Gasteiger partial charge is 0.319 e. The highest BCUT2D eigenvalue weighted by Gasteiger charge is 2.34. The van der Waals surface area contributed by atoms with Gasteiger partial charge in [-0.3, -0.25) is 4.79 Å². The second-order valence-electron chi connectivity index (χ2n) is 5.43. The van der Waals surface area contributed by atoms with Gasteiger partial charge in [0.15, 0.2) is 5.82 Å². The zero-order valence-electron chi connectivity index (χ0n) is 12.0. The normalized spacial score (nSPS) is 15.0. The Hall–Kier alpha value is -2.49. The average Bonchev–Trinajstić information content (AvgIpc) is 3.15. The monoisotopic (exact) mass is 353 g/mol. The van der Waals surface area contributed by atoms with E-state index in [1.165, 1.54) is 22.7 Å². The van der Waals surface area contributed by atoms with Gasteiger partial charge in [0.25, 0.3) is 5.91 Å². The molecule has 0 spiro atoms. The van der Waals surface area contributed by atoms with Crippen molar-refractivity contribution in [3.05, 3.63) is 40.7 Å². The van der Waals surface area contributed by atoms with Gasteiger partial charge in [0.1, 0.15) is 0 Å². The van der Waals surface area contributed by atoms with E-state index in [1.54, 1.807) is 0 Å². The molecule has 10 heteroatoms. The Balaban J connectivity index is 1.63. The zero-order valence-corrected chi connectivity index (χ0v) is 12.9. The first kappa shape index (κ1) is 15.1. The minimum Gasteiger partial charge on any atom is -0.319 e. The maximum Gasteiger partial charge on any atom is 0.418 e. The largest absolute Gasteiger partial charge is 0.418 e. The van der Waals surface area contributed by atoms with Crippen molar-refractivity contribution in [2.75, 3.05) is 5.32 Å². The number of carbonyl (C=O) groups is 1. The molecule has 0 bridgehead atoms. The number of alkyl halides is 3. The van der Waals surface area contributed by atoms with E-state index in [-0.39, 0.29) is 10.7 Å². The van der Waals surface area contributed by atoms with Crippen molar-refractivity contribution < 1.29 is 18.0 Å². The van der Waals surface area contributed by atoms with Gasteiger partial charge in [0, 0.05) is 5.92 Å². The van der Waals surface area contributed by atoms with Gasteiger partial charge < -0.3 is 5.32 Å². The highest BCUT2D eigenvalue weighted by Crippen LogP contribution is 2.39. The van der Waals surface area contributed by atoms with Crippen LogP contribution in [0.3, 0.4) is 0 Å². The predicted molar refractivity (Wildman–Crippen MR) is 80.0 cm³/mol. The Bertz CT molecular complexity index is 928. The van der Waals surface area contributed by atoms with Crippen LogP contribution in [0.15, 0.2) is 24.3 Å². The van der Waals surface area contributed by atoms with E-state index < -0.39 is 17.6 Å². The summed E-state index contributed by atoms with van der Waals surface area (Å²) in [5.74, 6) is 0.281. The molecule has 1 N–H and O–H groups in total. The van der Waals surface area contributed by atoms with Crippen LogP contribution in [-0.2, 0) is 6.18 Å². The van der Waals surface area contributed by atoms with Crippen molar-refractivity contribution in [1.82, 2.24) is 19.8 Å². The van der Waals surface area contributed by atoms with E-state index in [4.69, 9.17) is 0 Å². The summed E-state index contributed by atoms with van der Waals surface area (Å²) in [6.07, 6.45) is -2.55. The molecule has 0 radical (unpaired) electrons. The lowest BCUT2D eigenvalue weighted by atomic mass is 10.1. The SMILES string of the molecule is O=C(Nc1ccccc1C(F)(F)F)c1nn2c(C3CC3)nnc2s1. The molecule has 1 saturated carbocycles. The highest BCUT2D eigenvalue weighted by molar-refractivity contribution is 7.18. The fraction of sp³-hybridized carbons (Fsp3) is 0.286. The number of carbonyl (C=O) groups excluding carboxylic acids is 1. The van der Waals surface area contributed by atoms with Crippen molar-refractivity contribution in [1.29, 1.82) is 0 Å². The molecule has 24 heavy (non-hydrogen) atoms. The van der Waals surface area contributed by atoms with Gasteiger partial charge in [-0.15, -0.1) is 15.3 Å². The van der Waals surface area contributed by atoms with Crippen molar-refractivity contribution in [2.45, 2.75) is 24.9 Å². The second kappa shape index (κ2) is 5.26. The Kier molecular flexibility index (Phi) is 3.30. The maximum atomic E-state index is 13.0. The minimum absolute atomic E-state index is 0.0405. The summed E-state index contributed by atoms with van der Waals surface area (Å²) in [6.45, 7) is 0. The molecule has 0 aliphatic heterocycles. The molecular weight excluding hydrogens is 343 g/mol. The third-order valence-corrected chi connectivity index (χ3v) is 4.53. The fourth-order valence-corrected chi connectivity index (χ4v) is 3.08. The van der Waals surface area contributed by atoms with Crippen LogP contribution in [0.1, 0.15) is 39.9 Å². The van der Waals surface area contributed by atoms with Crippen LogP contribution < -0.4 is 5.32 Å². The Morgan fingerprint density at radius 3 is 2.71 bits per heavy atom. The number of benzene rings is 1. The lowest BCUT2D eigenvalue weighted by molar-refractivity contribution is -0.136. The van der Waals surface area contributed by atoms with Gasteiger partial charge in [-0.25, -0.2) is 0 Å². The maximum absolute atomic E-state index is 13.0. The Labute approximate surface area is 137 Å². The third kappa shape index (κ3) is 2.62. The van der Waals surface area contributed by atoms with Crippen LogP contribution in [0.4, 0.5) is 18.9 Å². The Morgan fingerprint density at radius 2 is 2.00 bits per heavy atom. The molecule has 2 heterocycles. The summed E-state index contributed by atoms with van der Waals surface area (Å²) < 4.78 is 40.4. The molecule has 0 unspecified atom stereocenters. The van der Waals surface area contributed by atoms with E-state index in [0.717, 1.165) is 30.2 Å². The van der Waals surface area contributed by atoms with Crippen LogP contribution in [-0.4, -0.2) is 25.7 Å². The molecule has 4 rings (SSSR count). The van der Waals surface area contributed by atoms with E-state index in [0.29, 0.717) is 16.7 Å². The standard InChI is InChI=1S/C14H10F3N5OS/c15-14(16,17)8-3-1-2-4-9(8)18-11(23)12-21-22-10(7-5-6-7)19-20-13(22)24-12/h1-4,7H,5-6H2,(H,18,23). The van der Waals surface area contributed by atoms with Crippen molar-refractivity contribution in [3.8, 4) is 0 Å². The molecule has 124 valence electrons. The lowest BCUT2D eigenvalue weighted by Gasteiger charge is -2.12. The highest BCUT2D eigenvalue weighted by atomic mass is 32.1. The molecule has 1 amide bonds. The van der Waals surface area contributed by atoms with E-state index in [9.17, 15) is 18.0 Å². The molecular formula is C14H10F3N5OS. The number of rotatable bonds is 3. The molecule has 2 aromatic heterocycles. The van der Waals surface area contributed by atoms with Gasteiger partial charge in [-0.1, -0.05) is 23.5 Å². The topological polar surface area (TPSA) is 72.2 Å². The van der Waals surface area contributed by atoms with Crippen molar-refractivity contribution >= 4 is 27.9 Å². The van der Waals surface area contributed by atoms with Gasteiger partial charge in [0.2, 0.25) is 9.97 Å². The number of halogens is 3. The van der Waals surface area contributed by atoms with Gasteiger partial charge in [0.05, 0.1) is 11.3 Å². The van der Waals surface area contributed by atoms with Crippen LogP contribution in [0.2, 0.25) is 0 Å². The molecule has 0 saturated heterocycles. The van der Waals surface area contributed by atoms with Crippen molar-refractivity contribution in [3.63, 3.8) is 0 Å². The van der Waals surface area contributed by atoms with Crippen LogP contribution in [0.5, 0.6) is 0 Å². The second-order valence-corrected chi connectivity index (χ2v) is 6.39. The summed E-state index contributed by atoms with van der Waals surface area (Å²) in [5.41, 5.74) is -1.21. The number of para-hydroxylation sites is 1. The number of nitrogens with one attached hydrogen (secondary N) is 1. The van der Waals surface area contributed by atoms with Crippen molar-refractivity contribution in [2.24, 2.45) is 0 Å². The first-order valence-electron chi connectivity index (χ1n) is 7.13. The number of nitrogens with zero attached hydrogens (tertiary/aromatic N) is 4. The van der Waals surface area contributed by atoms with Gasteiger partial charge in [-0.05, 0) is 25.0 Å². The molecule has 1 aromatic carbocycles. The fourth-order valence-electron chi connectivity index (χ4n) is 2.34. The minimum atomic E-state index is -4.55. The Morgan fingerprint density at radius 1 is 1.25 bits per heavy atom. The summed E-state index contributed by atoms with van der Waals surface area (Å²) in [7, 11) is 0. The molecule has 6 nitrogen and oxygen atoms in total. The molecule has 1 aliphatic rings. The lowest BCUT2D eigenvalue weighted by Crippen LogP contribution is -2.16. The number of hydrogen-bond acceptors (Lipinski definition) is 5. The predicted octanol–water partition coefficient (Wildman–Crippen LogP) is 3.33. The summed E-state index contributed by atoms with van der Waals surface area (Å²) in [5, 5.41) is 14.4. The number of fused-ring (bicyclic) bond motifs is 1. The summed E-state index contributed by atoms with van der Waals surface area (Å²) in [6, 6.07) is 4.81. The number of aromatic nitrogens is 4. The summed E-state index contributed by atoms with van der Waals surface area (Å²) >= 11 is 0.989. The number of amides is 1.